The molecule has 2 aliphatic heterocycles. The van der Waals surface area contributed by atoms with Crippen molar-refractivity contribution in [1.29, 1.82) is 0 Å². The van der Waals surface area contributed by atoms with Gasteiger partial charge < -0.3 is 41.5 Å². The number of para-hydroxylation sites is 2. The molecular weight excluding hydrogens is 1030 g/mol. The average Bonchev–Trinajstić information content (AvgIpc) is 3.48. The minimum absolute atomic E-state index is 0.00914. The van der Waals surface area contributed by atoms with Crippen molar-refractivity contribution in [1.82, 2.24) is 40.4 Å². The zero-order valence-corrected chi connectivity index (χ0v) is 44.4. The van der Waals surface area contributed by atoms with Crippen LogP contribution in [0.15, 0.2) is 102 Å². The van der Waals surface area contributed by atoms with Crippen molar-refractivity contribution in [3.63, 3.8) is 0 Å². The van der Waals surface area contributed by atoms with Crippen molar-refractivity contribution in [3.05, 3.63) is 154 Å². The van der Waals surface area contributed by atoms with E-state index >= 15 is 0 Å². The van der Waals surface area contributed by atoms with Crippen LogP contribution in [0.5, 0.6) is 0 Å². The Balaban J connectivity index is 0.000000210. The second-order valence-corrected chi connectivity index (χ2v) is 19.4. The molecule has 2 aromatic heterocycles. The summed E-state index contributed by atoms with van der Waals surface area (Å²) < 4.78 is 59.4. The van der Waals surface area contributed by atoms with E-state index in [0.29, 0.717) is 71.1 Å². The zero-order valence-electron chi connectivity index (χ0n) is 43.6. The Morgan fingerprint density at radius 1 is 0.628 bits per heavy atom. The van der Waals surface area contributed by atoms with E-state index in [1.54, 1.807) is 36.9 Å². The van der Waals surface area contributed by atoms with Gasteiger partial charge in [0.05, 0.1) is 30.0 Å². The third kappa shape index (κ3) is 12.3. The molecule has 5 amide bonds. The summed E-state index contributed by atoms with van der Waals surface area (Å²) in [4.78, 5) is 76.0. The number of carbonyl (C=O) groups excluding carboxylic acids is 3. The van der Waals surface area contributed by atoms with Crippen molar-refractivity contribution >= 4 is 76.3 Å². The largest absolute Gasteiger partial charge is 0.478 e. The highest BCUT2D eigenvalue weighted by Crippen LogP contribution is 2.41. The van der Waals surface area contributed by atoms with E-state index < -0.39 is 52.7 Å². The van der Waals surface area contributed by atoms with Crippen LogP contribution in [0.4, 0.5) is 67.7 Å². The van der Waals surface area contributed by atoms with Gasteiger partial charge in [-0.15, -0.1) is 11.8 Å². The van der Waals surface area contributed by atoms with E-state index in [9.17, 15) is 41.8 Å². The van der Waals surface area contributed by atoms with E-state index in [2.05, 4.69) is 41.5 Å². The number of aromatic carboxylic acids is 1. The maximum absolute atomic E-state index is 15.0. The number of carboxylic acid groups (broad SMARTS) is 1. The Bertz CT molecular complexity index is 3400. The van der Waals surface area contributed by atoms with Gasteiger partial charge in [-0.1, -0.05) is 24.3 Å². The number of carbonyl (C=O) groups is 4. The van der Waals surface area contributed by atoms with E-state index in [0.717, 1.165) is 50.1 Å². The van der Waals surface area contributed by atoms with Crippen molar-refractivity contribution in [3.8, 4) is 22.5 Å². The van der Waals surface area contributed by atoms with Crippen molar-refractivity contribution in [2.24, 2.45) is 0 Å². The van der Waals surface area contributed by atoms with Gasteiger partial charge in [0, 0.05) is 64.6 Å². The number of likely N-dealkylation sites (N-methyl/N-ethyl adjacent to an activating group) is 2. The molecule has 6 N–H and O–H groups in total. The first-order valence-electron chi connectivity index (χ1n) is 24.4. The van der Waals surface area contributed by atoms with Crippen LogP contribution in [0.25, 0.3) is 22.5 Å². The lowest BCUT2D eigenvalue weighted by Gasteiger charge is -2.31. The molecule has 0 unspecified atom stereocenters. The lowest BCUT2D eigenvalue weighted by molar-refractivity contribution is 0.0696. The number of anilines is 7. The Labute approximate surface area is 451 Å². The lowest BCUT2D eigenvalue weighted by Crippen LogP contribution is -2.43. The first kappa shape index (κ1) is 55.6. The number of hydrogen-bond donors (Lipinski definition) is 6. The number of urea groups is 2. The number of hydrogen-bond acceptors (Lipinski definition) is 13. The first-order chi connectivity index (χ1) is 37.3. The number of nitrogens with zero attached hydrogens (tertiary/aromatic N) is 8. The highest BCUT2D eigenvalue weighted by atomic mass is 32.2. The van der Waals surface area contributed by atoms with Gasteiger partial charge in [0.25, 0.3) is 5.91 Å². The summed E-state index contributed by atoms with van der Waals surface area (Å²) in [5.41, 5.74) is 4.28. The number of nitrogens with one attached hydrogen (secondary N) is 5. The summed E-state index contributed by atoms with van der Waals surface area (Å²) in [6, 6.07) is 22.6. The summed E-state index contributed by atoms with van der Waals surface area (Å²) in [6.45, 7) is 5.92. The summed E-state index contributed by atoms with van der Waals surface area (Å²) in [6.07, 6.45) is 1.98. The van der Waals surface area contributed by atoms with Crippen LogP contribution in [0.1, 0.15) is 43.0 Å². The van der Waals surface area contributed by atoms with Gasteiger partial charge in [-0.25, -0.2) is 51.7 Å². The second-order valence-electron chi connectivity index (χ2n) is 18.5. The van der Waals surface area contributed by atoms with Crippen LogP contribution in [-0.2, 0) is 13.1 Å². The van der Waals surface area contributed by atoms with Crippen molar-refractivity contribution in [2.45, 2.75) is 31.8 Å². The van der Waals surface area contributed by atoms with Gasteiger partial charge in [0.15, 0.2) is 11.6 Å². The Morgan fingerprint density at radius 2 is 1.05 bits per heavy atom. The maximum atomic E-state index is 15.0. The second kappa shape index (κ2) is 24.1. The molecule has 78 heavy (non-hydrogen) atoms. The number of carboxylic acids is 1. The van der Waals surface area contributed by atoms with Crippen molar-refractivity contribution in [2.75, 3.05) is 86.4 Å². The van der Waals surface area contributed by atoms with Crippen LogP contribution >= 0.6 is 11.8 Å². The molecule has 0 fully saturated rings. The van der Waals surface area contributed by atoms with Gasteiger partial charge in [-0.05, 0) is 132 Å². The normalized spacial score (nSPS) is 12.8. The average molecular weight is 1090 g/mol. The van der Waals surface area contributed by atoms with Gasteiger partial charge in [-0.3, -0.25) is 4.79 Å². The first-order valence-corrected chi connectivity index (χ1v) is 25.6. The molecule has 0 saturated carbocycles. The number of rotatable bonds is 16. The minimum atomic E-state index is -1.11. The monoisotopic (exact) mass is 1090 g/mol. The van der Waals surface area contributed by atoms with Gasteiger partial charge in [0.1, 0.15) is 34.6 Å². The molecule has 404 valence electrons. The fourth-order valence-electron chi connectivity index (χ4n) is 8.43. The highest BCUT2D eigenvalue weighted by molar-refractivity contribution is 7.98. The molecule has 0 radical (unpaired) electrons. The highest BCUT2D eigenvalue weighted by Gasteiger charge is 2.36. The summed E-state index contributed by atoms with van der Waals surface area (Å²) in [7, 11) is 7.64. The number of aromatic nitrogens is 4. The smallest absolute Gasteiger partial charge is 0.335 e. The number of benzene rings is 5. The quantitative estimate of drug-likeness (QED) is 0.0393. The predicted octanol–water partition coefficient (Wildman–Crippen LogP) is 9.80. The maximum Gasteiger partial charge on any atom is 0.335 e. The van der Waals surface area contributed by atoms with Gasteiger partial charge >= 0.3 is 18.0 Å². The zero-order chi connectivity index (χ0) is 55.9. The predicted molar refractivity (Wildman–Crippen MR) is 293 cm³/mol. The SMILES string of the molecule is CSc1ccc(NC(=O)c2ccc(C)c(-c3nc(NCCN(C)C)nc4c3CNC(=O)N4c3c(F)cccc3F)c2)cc1.Cc1ccc(C(=O)O)cc1-c1nc(NCCN(C)C)nc2c1CNC(=O)N2c1c(F)cccc1F. The number of thioether (sulfide) groups is 1. The number of amides is 5. The van der Waals surface area contributed by atoms with Crippen molar-refractivity contribution < 1.29 is 41.8 Å². The molecule has 0 atom stereocenters. The van der Waals surface area contributed by atoms with E-state index in [-0.39, 0.29) is 48.1 Å². The molecule has 7 aromatic rings. The van der Waals surface area contributed by atoms with Crippen LogP contribution in [0.3, 0.4) is 0 Å². The molecule has 18 nitrogen and oxygen atoms in total. The number of halogens is 4. The van der Waals surface area contributed by atoms with E-state index in [1.165, 1.54) is 24.3 Å². The Hall–Kier alpha value is -8.67. The molecular formula is C55H55F4N13O5S. The molecule has 23 heteroatoms. The fraction of sp³-hybridized carbons (Fsp3) is 0.236. The number of fused-ring (bicyclic) bond motifs is 2. The van der Waals surface area contributed by atoms with Gasteiger partial charge in [0.2, 0.25) is 11.9 Å². The third-order valence-corrected chi connectivity index (χ3v) is 13.2. The molecule has 9 rings (SSSR count). The Morgan fingerprint density at radius 3 is 1.46 bits per heavy atom. The van der Waals surface area contributed by atoms with Crippen LogP contribution in [0.2, 0.25) is 0 Å². The Kier molecular flexibility index (Phi) is 17.2. The van der Waals surface area contributed by atoms with E-state index in [1.807, 2.05) is 81.5 Å². The molecule has 4 heterocycles. The van der Waals surface area contributed by atoms with Crippen LogP contribution < -0.4 is 36.4 Å². The molecule has 0 bridgehead atoms. The molecule has 0 saturated heterocycles. The summed E-state index contributed by atoms with van der Waals surface area (Å²) >= 11 is 1.61. The minimum Gasteiger partial charge on any atom is -0.478 e. The molecule has 0 aliphatic carbocycles. The molecule has 0 spiro atoms. The topological polar surface area (TPSA) is 213 Å². The standard InChI is InChI=1S/C31H31F2N7O2S.C24H24F2N6O3/c1-18-8-9-19(29(41)36-20-10-12-21(43-4)13-11-20)16-22(18)26-23-17-35-31(42)40(27-24(32)6-5-7-25(27)33)28(23)38-30(37-26)34-14-15-39(2)3;1-13-7-8-14(22(33)34)11-15(13)19-16-12-28-24(35)32(20-17(25)5-4-6-18(20)26)21(16)30-23(29-19)27-9-10-31(2)3/h5-13,16H,14-15,17H2,1-4H3,(H,35,42)(H,36,41)(H,34,37,38);4-8,11H,9-10,12H2,1-3H3,(H,28,35)(H,33,34)(H,27,29,30). The third-order valence-electron chi connectivity index (χ3n) is 12.5. The fourth-order valence-corrected chi connectivity index (χ4v) is 8.84. The van der Waals surface area contributed by atoms with Crippen LogP contribution in [0, 0.1) is 37.1 Å². The summed E-state index contributed by atoms with van der Waals surface area (Å²) in [5, 5.41) is 24.0. The lowest BCUT2D eigenvalue weighted by atomic mass is 9.97. The summed E-state index contributed by atoms with van der Waals surface area (Å²) in [5.74, 6) is -4.73. The molecule has 5 aromatic carbocycles. The van der Waals surface area contributed by atoms with Gasteiger partial charge in [-0.2, -0.15) is 9.97 Å². The molecule has 2 aliphatic rings. The van der Waals surface area contributed by atoms with E-state index in [4.69, 9.17) is 4.98 Å². The van der Waals surface area contributed by atoms with Crippen LogP contribution in [-0.4, -0.2) is 119 Å². The number of aryl methyl sites for hydroxylation is 2.